The maximum Gasteiger partial charge on any atom is 0.339 e. The average Bonchev–Trinajstić information content (AvgIpc) is 3.18. The van der Waals surface area contributed by atoms with Crippen LogP contribution in [-0.4, -0.2) is 45.0 Å². The molecule has 1 N–H and O–H groups in total. The van der Waals surface area contributed by atoms with E-state index in [0.29, 0.717) is 36.0 Å². The van der Waals surface area contributed by atoms with E-state index in [0.717, 1.165) is 22.2 Å². The first kappa shape index (κ1) is 19.0. The first-order valence-corrected chi connectivity index (χ1v) is 9.99. The molecule has 8 nitrogen and oxygen atoms in total. The molecule has 2 aromatic carbocycles. The molecule has 0 bridgehead atoms. The number of para-hydroxylation sites is 2. The average molecular weight is 416 g/mol. The normalized spacial score (nSPS) is 13.4. The summed E-state index contributed by atoms with van der Waals surface area (Å²) in [6.45, 7) is 0.873. The minimum atomic E-state index is -0.402. The van der Waals surface area contributed by atoms with Crippen LogP contribution in [0.3, 0.4) is 0 Å². The zero-order valence-electron chi connectivity index (χ0n) is 16.9. The van der Waals surface area contributed by atoms with Crippen LogP contribution in [0.15, 0.2) is 53.6 Å². The van der Waals surface area contributed by atoms with E-state index in [1.54, 1.807) is 29.2 Å². The lowest BCUT2D eigenvalue weighted by molar-refractivity contribution is -0.132. The smallest absolute Gasteiger partial charge is 0.339 e. The van der Waals surface area contributed by atoms with Crippen molar-refractivity contribution < 1.29 is 14.3 Å². The number of aromatic nitrogens is 3. The van der Waals surface area contributed by atoms with E-state index in [2.05, 4.69) is 9.97 Å². The highest BCUT2D eigenvalue weighted by Gasteiger charge is 2.26. The number of carbonyl (C=O) groups is 2. The second-order valence-corrected chi connectivity index (χ2v) is 7.56. The first-order valence-electron chi connectivity index (χ1n) is 9.99. The van der Waals surface area contributed by atoms with Crippen molar-refractivity contribution in [3.63, 3.8) is 0 Å². The van der Waals surface area contributed by atoms with Gasteiger partial charge in [-0.25, -0.2) is 9.78 Å². The summed E-state index contributed by atoms with van der Waals surface area (Å²) in [6.07, 6.45) is 2.06. The van der Waals surface area contributed by atoms with Crippen LogP contribution in [0.1, 0.15) is 21.6 Å². The molecule has 8 heteroatoms. The Hall–Kier alpha value is -3.94. The van der Waals surface area contributed by atoms with Crippen LogP contribution >= 0.6 is 0 Å². The van der Waals surface area contributed by atoms with Gasteiger partial charge in [0, 0.05) is 36.2 Å². The van der Waals surface area contributed by atoms with Gasteiger partial charge in [-0.3, -0.25) is 14.2 Å². The minimum absolute atomic E-state index is 0.0677. The lowest BCUT2D eigenvalue weighted by Crippen LogP contribution is -2.39. The molecular formula is C23H20N4O4. The molecule has 5 rings (SSSR count). The third-order valence-corrected chi connectivity index (χ3v) is 5.81. The molecule has 1 aliphatic heterocycles. The van der Waals surface area contributed by atoms with Crippen LogP contribution in [0.5, 0.6) is 0 Å². The predicted molar refractivity (Wildman–Crippen MR) is 115 cm³/mol. The fraction of sp³-hybridized carbons (Fsp3) is 0.217. The second kappa shape index (κ2) is 7.39. The summed E-state index contributed by atoms with van der Waals surface area (Å²) in [5, 5.41) is 1.39. The summed E-state index contributed by atoms with van der Waals surface area (Å²) in [7, 11) is 1.36. The van der Waals surface area contributed by atoms with Crippen molar-refractivity contribution in [2.45, 2.75) is 19.5 Å². The van der Waals surface area contributed by atoms with Gasteiger partial charge in [-0.15, -0.1) is 0 Å². The van der Waals surface area contributed by atoms with Crippen LogP contribution in [0.2, 0.25) is 0 Å². The van der Waals surface area contributed by atoms with E-state index in [-0.39, 0.29) is 18.0 Å². The van der Waals surface area contributed by atoms with Gasteiger partial charge in [0.2, 0.25) is 5.91 Å². The molecule has 31 heavy (non-hydrogen) atoms. The van der Waals surface area contributed by atoms with Crippen molar-refractivity contribution in [2.75, 3.05) is 13.7 Å². The van der Waals surface area contributed by atoms with E-state index in [1.165, 1.54) is 18.0 Å². The molecule has 0 saturated heterocycles. The van der Waals surface area contributed by atoms with Gasteiger partial charge in [0.1, 0.15) is 6.54 Å². The van der Waals surface area contributed by atoms with Gasteiger partial charge in [0.15, 0.2) is 0 Å². The summed E-state index contributed by atoms with van der Waals surface area (Å²) < 4.78 is 6.23. The van der Waals surface area contributed by atoms with Crippen molar-refractivity contribution in [3.05, 3.63) is 76.0 Å². The lowest BCUT2D eigenvalue weighted by Gasteiger charge is -2.27. The molecule has 4 aromatic rings. The Kier molecular flexibility index (Phi) is 4.54. The van der Waals surface area contributed by atoms with Gasteiger partial charge in [-0.2, -0.15) is 0 Å². The summed E-state index contributed by atoms with van der Waals surface area (Å²) in [4.78, 5) is 47.2. The maximum atomic E-state index is 13.0. The second-order valence-electron chi connectivity index (χ2n) is 7.56. The Morgan fingerprint density at radius 1 is 1.13 bits per heavy atom. The number of benzene rings is 2. The van der Waals surface area contributed by atoms with E-state index in [4.69, 9.17) is 4.74 Å². The monoisotopic (exact) mass is 416 g/mol. The Balaban J connectivity index is 1.43. The Morgan fingerprint density at radius 2 is 1.94 bits per heavy atom. The molecule has 156 valence electrons. The zero-order valence-corrected chi connectivity index (χ0v) is 16.9. The molecule has 1 amide bonds. The van der Waals surface area contributed by atoms with Crippen molar-refractivity contribution in [3.8, 4) is 0 Å². The number of nitrogens with one attached hydrogen (secondary N) is 1. The number of ether oxygens (including phenoxy) is 1. The zero-order chi connectivity index (χ0) is 21.5. The molecule has 3 heterocycles. The van der Waals surface area contributed by atoms with Gasteiger partial charge in [0.05, 0.1) is 35.4 Å². The number of esters is 1. The molecule has 0 fully saturated rings. The molecule has 0 aliphatic carbocycles. The quantitative estimate of drug-likeness (QED) is 0.517. The Bertz CT molecular complexity index is 1400. The third-order valence-electron chi connectivity index (χ3n) is 5.81. The largest absolute Gasteiger partial charge is 0.465 e. The highest BCUT2D eigenvalue weighted by atomic mass is 16.5. The van der Waals surface area contributed by atoms with Crippen molar-refractivity contribution >= 4 is 33.7 Å². The summed E-state index contributed by atoms with van der Waals surface area (Å²) in [5.74, 6) is -0.552. The van der Waals surface area contributed by atoms with E-state index in [9.17, 15) is 14.4 Å². The summed E-state index contributed by atoms with van der Waals surface area (Å²) in [6, 6.07) is 12.6. The number of amides is 1. The van der Waals surface area contributed by atoms with Gasteiger partial charge in [-0.05, 0) is 18.2 Å². The molecule has 0 spiro atoms. The van der Waals surface area contributed by atoms with Crippen LogP contribution in [0.4, 0.5) is 0 Å². The SMILES string of the molecule is COC(=O)c1cccc2c3c([nH]c12)CCN(C(=O)Cn1cnc2ccccc2c1=O)C3. The number of hydrogen-bond donors (Lipinski definition) is 1. The van der Waals surface area contributed by atoms with Crippen molar-refractivity contribution in [2.24, 2.45) is 0 Å². The highest BCUT2D eigenvalue weighted by molar-refractivity contribution is 6.04. The molecular weight excluding hydrogens is 396 g/mol. The summed E-state index contributed by atoms with van der Waals surface area (Å²) >= 11 is 0. The molecule has 2 aromatic heterocycles. The van der Waals surface area contributed by atoms with Gasteiger partial charge < -0.3 is 14.6 Å². The van der Waals surface area contributed by atoms with Crippen molar-refractivity contribution in [1.29, 1.82) is 0 Å². The number of hydrogen-bond acceptors (Lipinski definition) is 5. The summed E-state index contributed by atoms with van der Waals surface area (Å²) in [5.41, 5.74) is 3.58. The Morgan fingerprint density at radius 3 is 2.77 bits per heavy atom. The molecule has 0 saturated carbocycles. The van der Waals surface area contributed by atoms with Crippen molar-refractivity contribution in [1.82, 2.24) is 19.4 Å². The fourth-order valence-corrected chi connectivity index (χ4v) is 4.20. The Labute approximate surface area is 177 Å². The molecule has 0 radical (unpaired) electrons. The lowest BCUT2D eigenvalue weighted by atomic mass is 10.0. The van der Waals surface area contributed by atoms with Crippen LogP contribution in [0.25, 0.3) is 21.8 Å². The molecule has 0 atom stereocenters. The van der Waals surface area contributed by atoms with E-state index < -0.39 is 5.97 Å². The number of fused-ring (bicyclic) bond motifs is 4. The predicted octanol–water partition coefficient (Wildman–Crippen LogP) is 2.25. The van der Waals surface area contributed by atoms with E-state index >= 15 is 0 Å². The van der Waals surface area contributed by atoms with Gasteiger partial charge in [0.25, 0.3) is 5.56 Å². The van der Waals surface area contributed by atoms with E-state index in [1.807, 2.05) is 18.2 Å². The van der Waals surface area contributed by atoms with Crippen LogP contribution in [-0.2, 0) is 29.0 Å². The minimum Gasteiger partial charge on any atom is -0.465 e. The standard InChI is InChI=1S/C23H20N4O4/c1-31-23(30)16-7-4-6-14-17-11-26(10-9-19(17)25-21(14)16)20(28)12-27-13-24-18-8-3-2-5-15(18)22(27)29/h2-8,13,25H,9-12H2,1H3. The third kappa shape index (κ3) is 3.16. The first-order chi connectivity index (χ1) is 15.1. The fourth-order valence-electron chi connectivity index (χ4n) is 4.20. The maximum absolute atomic E-state index is 13.0. The van der Waals surface area contributed by atoms with Crippen LogP contribution in [0, 0.1) is 0 Å². The number of aromatic amines is 1. The molecule has 1 aliphatic rings. The number of nitrogens with zero attached hydrogens (tertiary/aromatic N) is 3. The topological polar surface area (TPSA) is 97.3 Å². The van der Waals surface area contributed by atoms with Crippen LogP contribution < -0.4 is 5.56 Å². The van der Waals surface area contributed by atoms with Gasteiger partial charge in [-0.1, -0.05) is 24.3 Å². The van der Waals surface area contributed by atoms with Gasteiger partial charge >= 0.3 is 5.97 Å². The highest BCUT2D eigenvalue weighted by Crippen LogP contribution is 2.30. The number of H-pyrrole nitrogens is 1. The number of carbonyl (C=O) groups excluding carboxylic acids is 2. The number of rotatable bonds is 3. The molecule has 0 unspecified atom stereocenters. The number of methoxy groups -OCH3 is 1.